The fraction of sp³-hybridized carbons (Fsp3) is 0.105. The molecule has 2 aromatic heterocycles. The Morgan fingerprint density at radius 1 is 1.23 bits per heavy atom. The zero-order chi connectivity index (χ0) is 18.2. The van der Waals surface area contributed by atoms with Crippen LogP contribution in [-0.4, -0.2) is 39.4 Å². The molecule has 3 N–H and O–H groups in total. The van der Waals surface area contributed by atoms with Gasteiger partial charge in [0.05, 0.1) is 12.8 Å². The van der Waals surface area contributed by atoms with Crippen LogP contribution in [0.5, 0.6) is 5.75 Å². The Morgan fingerprint density at radius 2 is 2.08 bits per heavy atom. The van der Waals surface area contributed by atoms with Gasteiger partial charge in [-0.15, -0.1) is 0 Å². The third-order valence-electron chi connectivity index (χ3n) is 3.56. The fourth-order valence-electron chi connectivity index (χ4n) is 2.35. The number of aliphatic hydroxyl groups is 1. The highest BCUT2D eigenvalue weighted by molar-refractivity contribution is 6.02. The molecule has 0 bridgehead atoms. The minimum Gasteiger partial charge on any atom is -0.491 e. The van der Waals surface area contributed by atoms with Gasteiger partial charge >= 0.3 is 0 Å². The van der Waals surface area contributed by atoms with E-state index in [4.69, 9.17) is 9.84 Å². The van der Waals surface area contributed by atoms with Gasteiger partial charge in [0.1, 0.15) is 12.4 Å². The minimum atomic E-state index is -0.254. The largest absolute Gasteiger partial charge is 0.491 e. The van der Waals surface area contributed by atoms with Crippen molar-refractivity contribution in [2.75, 3.05) is 18.5 Å². The maximum absolute atomic E-state index is 12.1. The fourth-order valence-corrected chi connectivity index (χ4v) is 2.35. The van der Waals surface area contributed by atoms with Crippen LogP contribution in [0.1, 0.15) is 5.56 Å². The van der Waals surface area contributed by atoms with Crippen LogP contribution in [0.2, 0.25) is 0 Å². The Balaban J connectivity index is 1.65. The summed E-state index contributed by atoms with van der Waals surface area (Å²) in [5.74, 6) is 0.378. The van der Waals surface area contributed by atoms with Crippen LogP contribution in [0, 0.1) is 0 Å². The van der Waals surface area contributed by atoms with Crippen LogP contribution < -0.4 is 10.1 Å². The SMILES string of the molecule is O=C(/C=C/c1cnccc1-c1cn[nH]c1)Nc1ccc(OCCO)cc1. The molecule has 0 spiro atoms. The third kappa shape index (κ3) is 4.55. The molecular formula is C19H18N4O3. The number of nitrogens with one attached hydrogen (secondary N) is 2. The van der Waals surface area contributed by atoms with Gasteiger partial charge in [0.15, 0.2) is 0 Å². The van der Waals surface area contributed by atoms with E-state index in [1.54, 1.807) is 55.1 Å². The van der Waals surface area contributed by atoms with Gasteiger partial charge in [-0.1, -0.05) is 0 Å². The molecule has 0 aliphatic rings. The molecule has 7 nitrogen and oxygen atoms in total. The van der Waals surface area contributed by atoms with Gasteiger partial charge in [-0.05, 0) is 42.0 Å². The normalized spacial score (nSPS) is 10.8. The van der Waals surface area contributed by atoms with E-state index in [9.17, 15) is 4.79 Å². The number of aromatic nitrogens is 3. The Labute approximate surface area is 150 Å². The van der Waals surface area contributed by atoms with Crippen molar-refractivity contribution < 1.29 is 14.6 Å². The third-order valence-corrected chi connectivity index (χ3v) is 3.56. The lowest BCUT2D eigenvalue weighted by Gasteiger charge is -2.06. The number of hydrogen-bond acceptors (Lipinski definition) is 5. The van der Waals surface area contributed by atoms with E-state index in [0.717, 1.165) is 16.7 Å². The molecule has 3 aromatic rings. The number of H-pyrrole nitrogens is 1. The highest BCUT2D eigenvalue weighted by Gasteiger charge is 2.05. The van der Waals surface area contributed by atoms with Gasteiger partial charge in [0, 0.05) is 41.5 Å². The number of aromatic amines is 1. The summed E-state index contributed by atoms with van der Waals surface area (Å²) in [7, 11) is 0. The van der Waals surface area contributed by atoms with Crippen molar-refractivity contribution in [2.45, 2.75) is 0 Å². The minimum absolute atomic E-state index is 0.0432. The van der Waals surface area contributed by atoms with E-state index < -0.39 is 0 Å². The molecular weight excluding hydrogens is 332 g/mol. The van der Waals surface area contributed by atoms with Crippen LogP contribution in [0.3, 0.4) is 0 Å². The molecule has 0 saturated carbocycles. The number of amides is 1. The predicted molar refractivity (Wildman–Crippen MR) is 98.5 cm³/mol. The molecule has 132 valence electrons. The first-order valence-electron chi connectivity index (χ1n) is 8.02. The second-order valence-corrected chi connectivity index (χ2v) is 5.37. The van der Waals surface area contributed by atoms with Crippen LogP contribution in [0.4, 0.5) is 5.69 Å². The summed E-state index contributed by atoms with van der Waals surface area (Å²) >= 11 is 0. The van der Waals surface area contributed by atoms with E-state index in [0.29, 0.717) is 11.4 Å². The second kappa shape index (κ2) is 8.59. The Kier molecular flexibility index (Phi) is 5.74. The van der Waals surface area contributed by atoms with E-state index in [1.165, 1.54) is 6.08 Å². The molecule has 1 amide bonds. The van der Waals surface area contributed by atoms with E-state index in [2.05, 4.69) is 20.5 Å². The molecule has 0 unspecified atom stereocenters. The molecule has 0 aliphatic heterocycles. The Morgan fingerprint density at radius 3 is 2.81 bits per heavy atom. The zero-order valence-corrected chi connectivity index (χ0v) is 13.9. The van der Waals surface area contributed by atoms with Gasteiger partial charge in [0.2, 0.25) is 5.91 Å². The molecule has 0 aliphatic carbocycles. The summed E-state index contributed by atoms with van der Waals surface area (Å²) in [6.45, 7) is 0.191. The quantitative estimate of drug-likeness (QED) is 0.569. The first-order valence-corrected chi connectivity index (χ1v) is 8.02. The van der Waals surface area contributed by atoms with Crippen LogP contribution in [-0.2, 0) is 4.79 Å². The van der Waals surface area contributed by atoms with E-state index in [-0.39, 0.29) is 19.1 Å². The number of aliphatic hydroxyl groups excluding tert-OH is 1. The predicted octanol–water partition coefficient (Wildman–Crippen LogP) is 2.49. The lowest BCUT2D eigenvalue weighted by Crippen LogP contribution is -2.08. The lowest BCUT2D eigenvalue weighted by molar-refractivity contribution is -0.111. The molecule has 0 fully saturated rings. The van der Waals surface area contributed by atoms with Gasteiger partial charge in [-0.25, -0.2) is 0 Å². The number of anilines is 1. The number of nitrogens with zero attached hydrogens (tertiary/aromatic N) is 2. The molecule has 0 saturated heterocycles. The van der Waals surface area contributed by atoms with Crippen molar-refractivity contribution in [3.8, 4) is 16.9 Å². The average Bonchev–Trinajstić information content (AvgIpc) is 3.21. The van der Waals surface area contributed by atoms with Crippen molar-refractivity contribution in [1.29, 1.82) is 0 Å². The molecule has 1 aromatic carbocycles. The molecule has 26 heavy (non-hydrogen) atoms. The zero-order valence-electron chi connectivity index (χ0n) is 13.9. The summed E-state index contributed by atoms with van der Waals surface area (Å²) in [6, 6.07) is 8.80. The number of carbonyl (C=O) groups is 1. The molecule has 7 heteroatoms. The highest BCUT2D eigenvalue weighted by atomic mass is 16.5. The molecule has 0 radical (unpaired) electrons. The molecule has 0 atom stereocenters. The van der Waals surface area contributed by atoms with Crippen molar-refractivity contribution in [3.05, 3.63) is 66.8 Å². The second-order valence-electron chi connectivity index (χ2n) is 5.37. The van der Waals surface area contributed by atoms with Gasteiger partial charge in [0.25, 0.3) is 0 Å². The Hall–Kier alpha value is -3.45. The molecule has 3 rings (SSSR count). The lowest BCUT2D eigenvalue weighted by atomic mass is 10.0. The number of pyridine rings is 1. The maximum atomic E-state index is 12.1. The summed E-state index contributed by atoms with van der Waals surface area (Å²) in [5.41, 5.74) is 3.32. The number of benzene rings is 1. The van der Waals surface area contributed by atoms with E-state index >= 15 is 0 Å². The van der Waals surface area contributed by atoms with Gasteiger partial charge < -0.3 is 15.2 Å². The summed E-state index contributed by atoms with van der Waals surface area (Å²) < 4.78 is 5.28. The molecule has 2 heterocycles. The van der Waals surface area contributed by atoms with Crippen LogP contribution in [0.25, 0.3) is 17.2 Å². The average molecular weight is 350 g/mol. The van der Waals surface area contributed by atoms with Crippen molar-refractivity contribution in [2.24, 2.45) is 0 Å². The van der Waals surface area contributed by atoms with Crippen molar-refractivity contribution in [1.82, 2.24) is 15.2 Å². The summed E-state index contributed by atoms with van der Waals surface area (Å²) in [5, 5.41) is 18.2. The van der Waals surface area contributed by atoms with Gasteiger partial charge in [-0.2, -0.15) is 5.10 Å². The van der Waals surface area contributed by atoms with Crippen LogP contribution >= 0.6 is 0 Å². The first kappa shape index (κ1) is 17.4. The standard InChI is InChI=1S/C19H18N4O3/c24-9-10-26-17-4-2-16(3-5-17)23-19(25)6-1-14-11-20-8-7-18(14)15-12-21-22-13-15/h1-8,11-13,24H,9-10H2,(H,21,22)(H,23,25)/b6-1+. The van der Waals surface area contributed by atoms with Crippen molar-refractivity contribution in [3.63, 3.8) is 0 Å². The number of rotatable bonds is 7. The summed E-state index contributed by atoms with van der Waals surface area (Å²) in [6.07, 6.45) is 10.1. The number of carbonyl (C=O) groups excluding carboxylic acids is 1. The first-order chi connectivity index (χ1) is 12.8. The van der Waals surface area contributed by atoms with Crippen molar-refractivity contribution >= 4 is 17.7 Å². The smallest absolute Gasteiger partial charge is 0.248 e. The maximum Gasteiger partial charge on any atom is 0.248 e. The monoisotopic (exact) mass is 350 g/mol. The highest BCUT2D eigenvalue weighted by Crippen LogP contribution is 2.22. The van der Waals surface area contributed by atoms with Gasteiger partial charge in [-0.3, -0.25) is 14.9 Å². The Bertz CT molecular complexity index is 874. The van der Waals surface area contributed by atoms with Crippen LogP contribution in [0.15, 0.2) is 61.2 Å². The topological polar surface area (TPSA) is 100 Å². The number of hydrogen-bond donors (Lipinski definition) is 3. The number of ether oxygens (including phenoxy) is 1. The van der Waals surface area contributed by atoms with E-state index in [1.807, 2.05) is 6.07 Å². The summed E-state index contributed by atoms with van der Waals surface area (Å²) in [4.78, 5) is 16.2.